The highest BCUT2D eigenvalue weighted by molar-refractivity contribution is 5.92. The van der Waals surface area contributed by atoms with Crippen LogP contribution >= 0.6 is 0 Å². The van der Waals surface area contributed by atoms with E-state index in [4.69, 9.17) is 0 Å². The number of amides is 1. The number of carbonyl (C=O) groups excluding carboxylic acids is 1. The number of likely N-dealkylation sites (tertiary alicyclic amines) is 1. The summed E-state index contributed by atoms with van der Waals surface area (Å²) in [6.45, 7) is 2.68. The molecule has 2 aliphatic rings. The second kappa shape index (κ2) is 7.42. The Balaban J connectivity index is 1.42. The van der Waals surface area contributed by atoms with E-state index in [1.54, 1.807) is 0 Å². The maximum atomic E-state index is 12.7. The van der Waals surface area contributed by atoms with Crippen molar-refractivity contribution < 1.29 is 4.79 Å². The number of nitrogens with one attached hydrogen (secondary N) is 3. The first-order chi connectivity index (χ1) is 12.3. The fraction of sp³-hybridized carbons (Fsp3) is 0.450. The van der Waals surface area contributed by atoms with Crippen LogP contribution in [-0.4, -0.2) is 41.5 Å². The zero-order valence-corrected chi connectivity index (χ0v) is 14.4. The molecule has 3 atom stereocenters. The molecule has 2 aromatic rings. The Morgan fingerprint density at radius 2 is 2.04 bits per heavy atom. The Hall–Kier alpha value is -2.11. The molecule has 2 aliphatic heterocycles. The number of carbonyl (C=O) groups is 1. The lowest BCUT2D eigenvalue weighted by molar-refractivity contribution is 0.0630. The molecule has 3 N–H and O–H groups in total. The average Bonchev–Trinajstić information content (AvgIpc) is 3.34. The van der Waals surface area contributed by atoms with E-state index in [9.17, 15) is 4.79 Å². The maximum Gasteiger partial charge on any atom is 0.270 e. The fourth-order valence-corrected chi connectivity index (χ4v) is 4.29. The first-order valence-electron chi connectivity index (χ1n) is 9.26. The molecule has 0 bridgehead atoms. The minimum Gasteiger partial charge on any atom is -0.357 e. The van der Waals surface area contributed by atoms with Crippen LogP contribution in [0.25, 0.3) is 0 Å². The van der Waals surface area contributed by atoms with E-state index >= 15 is 0 Å². The molecule has 0 aliphatic carbocycles. The van der Waals surface area contributed by atoms with Gasteiger partial charge in [-0.3, -0.25) is 15.6 Å². The van der Waals surface area contributed by atoms with Gasteiger partial charge < -0.3 is 9.88 Å². The van der Waals surface area contributed by atoms with E-state index in [1.165, 1.54) is 12.0 Å². The Labute approximate surface area is 148 Å². The largest absolute Gasteiger partial charge is 0.357 e. The molecule has 0 saturated carbocycles. The highest BCUT2D eigenvalue weighted by Crippen LogP contribution is 2.28. The highest BCUT2D eigenvalue weighted by atomic mass is 16.2. The van der Waals surface area contributed by atoms with Crippen LogP contribution in [-0.2, 0) is 6.42 Å². The number of hydrogen-bond acceptors (Lipinski definition) is 3. The van der Waals surface area contributed by atoms with Gasteiger partial charge in [0.1, 0.15) is 5.69 Å². The van der Waals surface area contributed by atoms with Crippen molar-refractivity contribution in [3.63, 3.8) is 0 Å². The topological polar surface area (TPSA) is 60.2 Å². The molecular weight excluding hydrogens is 312 g/mol. The summed E-state index contributed by atoms with van der Waals surface area (Å²) in [6.07, 6.45) is 5.14. The second-order valence-electron chi connectivity index (χ2n) is 7.24. The van der Waals surface area contributed by atoms with Gasteiger partial charge in [0.05, 0.1) is 0 Å². The van der Waals surface area contributed by atoms with Crippen molar-refractivity contribution in [3.05, 3.63) is 59.9 Å². The number of hydrazine groups is 1. The number of rotatable bonds is 4. The third-order valence-corrected chi connectivity index (χ3v) is 5.56. The second-order valence-corrected chi connectivity index (χ2v) is 7.24. The molecule has 5 heteroatoms. The Bertz CT molecular complexity index is 685. The molecule has 2 saturated heterocycles. The van der Waals surface area contributed by atoms with Crippen LogP contribution in [0.2, 0.25) is 0 Å². The molecule has 3 heterocycles. The maximum absolute atomic E-state index is 12.7. The van der Waals surface area contributed by atoms with E-state index in [0.717, 1.165) is 32.5 Å². The number of hydrogen-bond donors (Lipinski definition) is 3. The van der Waals surface area contributed by atoms with Crippen LogP contribution in [0.1, 0.15) is 28.9 Å². The molecule has 25 heavy (non-hydrogen) atoms. The summed E-state index contributed by atoms with van der Waals surface area (Å²) in [6, 6.07) is 14.9. The lowest BCUT2D eigenvalue weighted by atomic mass is 9.81. The van der Waals surface area contributed by atoms with Crippen LogP contribution in [0.15, 0.2) is 48.7 Å². The smallest absolute Gasteiger partial charge is 0.270 e. The molecule has 0 radical (unpaired) electrons. The summed E-state index contributed by atoms with van der Waals surface area (Å²) >= 11 is 0. The van der Waals surface area contributed by atoms with Crippen LogP contribution < -0.4 is 10.9 Å². The van der Waals surface area contributed by atoms with Crippen LogP contribution in [0.4, 0.5) is 0 Å². The Morgan fingerprint density at radius 1 is 1.16 bits per heavy atom. The predicted molar refractivity (Wildman–Crippen MR) is 98.0 cm³/mol. The Kier molecular flexibility index (Phi) is 4.85. The van der Waals surface area contributed by atoms with Crippen molar-refractivity contribution in [1.82, 2.24) is 20.7 Å². The molecule has 132 valence electrons. The standard InChI is InChI=1S/C20H26N4O/c25-20(18-9-4-10-21-18)24-11-5-8-16(14-24)19-17(13-22-23-19)12-15-6-2-1-3-7-15/h1-4,6-7,9-10,16-17,19,21-23H,5,8,11-14H2. The van der Waals surface area contributed by atoms with E-state index < -0.39 is 0 Å². The molecule has 2 fully saturated rings. The number of piperidine rings is 1. The van der Waals surface area contributed by atoms with E-state index in [2.05, 4.69) is 46.2 Å². The Morgan fingerprint density at radius 3 is 2.84 bits per heavy atom. The van der Waals surface area contributed by atoms with Crippen molar-refractivity contribution in [1.29, 1.82) is 0 Å². The van der Waals surface area contributed by atoms with Crippen LogP contribution in [0.5, 0.6) is 0 Å². The van der Waals surface area contributed by atoms with Gasteiger partial charge in [0.2, 0.25) is 0 Å². The van der Waals surface area contributed by atoms with Crippen molar-refractivity contribution in [2.45, 2.75) is 25.3 Å². The summed E-state index contributed by atoms with van der Waals surface area (Å²) in [4.78, 5) is 17.7. The van der Waals surface area contributed by atoms with Crippen molar-refractivity contribution in [3.8, 4) is 0 Å². The average molecular weight is 338 g/mol. The van der Waals surface area contributed by atoms with Gasteiger partial charge in [-0.1, -0.05) is 30.3 Å². The van der Waals surface area contributed by atoms with Gasteiger partial charge in [0.15, 0.2) is 0 Å². The third kappa shape index (κ3) is 3.62. The number of H-pyrrole nitrogens is 1. The van der Waals surface area contributed by atoms with Gasteiger partial charge in [0, 0.05) is 31.9 Å². The summed E-state index contributed by atoms with van der Waals surface area (Å²) in [7, 11) is 0. The van der Waals surface area contributed by atoms with Gasteiger partial charge in [0.25, 0.3) is 5.91 Å². The molecule has 5 nitrogen and oxygen atoms in total. The van der Waals surface area contributed by atoms with Crippen molar-refractivity contribution >= 4 is 5.91 Å². The summed E-state index contributed by atoms with van der Waals surface area (Å²) in [5.41, 5.74) is 8.93. The summed E-state index contributed by atoms with van der Waals surface area (Å²) in [5.74, 6) is 1.18. The van der Waals surface area contributed by atoms with Crippen molar-refractivity contribution in [2.75, 3.05) is 19.6 Å². The normalized spacial score (nSPS) is 26.7. The minimum absolute atomic E-state index is 0.125. The number of nitrogens with zero attached hydrogens (tertiary/aromatic N) is 1. The summed E-state index contributed by atoms with van der Waals surface area (Å²) in [5, 5.41) is 0. The van der Waals surface area contributed by atoms with E-state index in [1.807, 2.05) is 23.2 Å². The molecule has 1 aromatic carbocycles. The van der Waals surface area contributed by atoms with Gasteiger partial charge >= 0.3 is 0 Å². The van der Waals surface area contributed by atoms with Gasteiger partial charge in [-0.05, 0) is 48.8 Å². The minimum atomic E-state index is 0.125. The molecule has 4 rings (SSSR count). The number of aromatic amines is 1. The monoisotopic (exact) mass is 338 g/mol. The first kappa shape index (κ1) is 16.4. The highest BCUT2D eigenvalue weighted by Gasteiger charge is 2.37. The quantitative estimate of drug-likeness (QED) is 0.801. The van der Waals surface area contributed by atoms with Gasteiger partial charge in [-0.25, -0.2) is 0 Å². The third-order valence-electron chi connectivity index (χ3n) is 5.56. The fourth-order valence-electron chi connectivity index (χ4n) is 4.29. The van der Waals surface area contributed by atoms with Crippen LogP contribution in [0.3, 0.4) is 0 Å². The zero-order valence-electron chi connectivity index (χ0n) is 14.4. The van der Waals surface area contributed by atoms with E-state index in [-0.39, 0.29) is 5.91 Å². The number of aromatic nitrogens is 1. The first-order valence-corrected chi connectivity index (χ1v) is 9.26. The molecule has 0 spiro atoms. The lowest BCUT2D eigenvalue weighted by Gasteiger charge is -2.37. The van der Waals surface area contributed by atoms with Crippen LogP contribution in [0, 0.1) is 11.8 Å². The molecular formula is C20H26N4O. The van der Waals surface area contributed by atoms with E-state index in [0.29, 0.717) is 23.6 Å². The number of benzene rings is 1. The zero-order chi connectivity index (χ0) is 17.1. The lowest BCUT2D eigenvalue weighted by Crippen LogP contribution is -2.48. The molecule has 1 aromatic heterocycles. The van der Waals surface area contributed by atoms with Gasteiger partial charge in [-0.2, -0.15) is 0 Å². The SMILES string of the molecule is O=C(c1ccc[nH]1)N1CCCC(C2NNCC2Cc2ccccc2)C1. The molecule has 1 amide bonds. The molecule has 3 unspecified atom stereocenters. The van der Waals surface area contributed by atoms with Gasteiger partial charge in [-0.15, -0.1) is 0 Å². The summed E-state index contributed by atoms with van der Waals surface area (Å²) < 4.78 is 0. The van der Waals surface area contributed by atoms with Crippen molar-refractivity contribution in [2.24, 2.45) is 11.8 Å². The predicted octanol–water partition coefficient (Wildman–Crippen LogP) is 2.20.